The summed E-state index contributed by atoms with van der Waals surface area (Å²) in [7, 11) is 0. The Kier molecular flexibility index (Phi) is 5.23. The van der Waals surface area contributed by atoms with E-state index < -0.39 is 0 Å². The molecule has 0 bridgehead atoms. The smallest absolute Gasteiger partial charge is 0.255 e. The maximum Gasteiger partial charge on any atom is 0.255 e. The number of piperazine rings is 1. The highest BCUT2D eigenvalue weighted by molar-refractivity contribution is 5.94. The molecule has 3 aliphatic heterocycles. The summed E-state index contributed by atoms with van der Waals surface area (Å²) in [6, 6.07) is 6.63. The molecule has 0 N–H and O–H groups in total. The average molecular weight is 395 g/mol. The zero-order chi connectivity index (χ0) is 19.6. The maximum absolute atomic E-state index is 12.9. The molecule has 7 heteroatoms. The number of piperidine rings is 1. The normalized spacial score (nSPS) is 23.4. The van der Waals surface area contributed by atoms with Crippen molar-refractivity contribution in [3.8, 4) is 0 Å². The molecule has 154 valence electrons. The first kappa shape index (κ1) is 18.6. The average Bonchev–Trinajstić information content (AvgIpc) is 3.45. The third kappa shape index (κ3) is 4.01. The molecule has 1 atom stereocenters. The second-order valence-electron chi connectivity index (χ2n) is 8.65. The lowest BCUT2D eigenvalue weighted by atomic mass is 9.96. The quantitative estimate of drug-likeness (QED) is 0.795. The summed E-state index contributed by atoms with van der Waals surface area (Å²) in [4.78, 5) is 24.5. The molecule has 2 aromatic heterocycles. The van der Waals surface area contributed by atoms with Gasteiger partial charge in [0.25, 0.3) is 5.91 Å². The monoisotopic (exact) mass is 394 g/mol. The van der Waals surface area contributed by atoms with E-state index in [0.29, 0.717) is 17.5 Å². The minimum absolute atomic E-state index is 0.113. The van der Waals surface area contributed by atoms with Crippen LogP contribution in [0.25, 0.3) is 0 Å². The van der Waals surface area contributed by atoms with Crippen LogP contribution in [0.2, 0.25) is 0 Å². The maximum atomic E-state index is 12.9. The van der Waals surface area contributed by atoms with Crippen LogP contribution in [0, 0.1) is 5.92 Å². The molecule has 29 heavy (non-hydrogen) atoms. The fraction of sp³-hybridized carbons (Fsp3) is 0.591. The Morgan fingerprint density at radius 2 is 1.97 bits per heavy atom. The summed E-state index contributed by atoms with van der Waals surface area (Å²) >= 11 is 0. The summed E-state index contributed by atoms with van der Waals surface area (Å²) in [5.41, 5.74) is 0.707. The summed E-state index contributed by atoms with van der Waals surface area (Å²) < 4.78 is 2.00. The van der Waals surface area contributed by atoms with Crippen LogP contribution in [0.3, 0.4) is 0 Å². The molecule has 1 amide bonds. The van der Waals surface area contributed by atoms with Crippen molar-refractivity contribution in [2.45, 2.75) is 38.3 Å². The van der Waals surface area contributed by atoms with Crippen molar-refractivity contribution in [3.63, 3.8) is 0 Å². The van der Waals surface area contributed by atoms with Crippen molar-refractivity contribution in [2.75, 3.05) is 44.2 Å². The van der Waals surface area contributed by atoms with Crippen LogP contribution in [-0.2, 0) is 6.54 Å². The van der Waals surface area contributed by atoms with Crippen LogP contribution in [0.5, 0.6) is 0 Å². The highest BCUT2D eigenvalue weighted by Crippen LogP contribution is 2.25. The van der Waals surface area contributed by atoms with Gasteiger partial charge in [0.05, 0.1) is 5.56 Å². The van der Waals surface area contributed by atoms with Crippen LogP contribution in [0.15, 0.2) is 36.8 Å². The second kappa shape index (κ2) is 8.14. The van der Waals surface area contributed by atoms with Gasteiger partial charge in [-0.2, -0.15) is 5.10 Å². The van der Waals surface area contributed by atoms with Gasteiger partial charge in [0.1, 0.15) is 5.82 Å². The fourth-order valence-corrected chi connectivity index (χ4v) is 5.07. The first-order valence-corrected chi connectivity index (χ1v) is 11.0. The largest absolute Gasteiger partial charge is 0.354 e. The number of aromatic nitrogens is 3. The number of likely N-dealkylation sites (tertiary alicyclic amines) is 1. The molecule has 3 fully saturated rings. The zero-order valence-corrected chi connectivity index (χ0v) is 17.0. The van der Waals surface area contributed by atoms with Crippen LogP contribution in [0.4, 0.5) is 5.82 Å². The van der Waals surface area contributed by atoms with Gasteiger partial charge < -0.3 is 9.80 Å². The number of pyridine rings is 1. The van der Waals surface area contributed by atoms with E-state index in [2.05, 4.69) is 19.9 Å². The summed E-state index contributed by atoms with van der Waals surface area (Å²) in [5, 5.41) is 4.30. The zero-order valence-electron chi connectivity index (χ0n) is 17.0. The molecule has 0 aromatic carbocycles. The van der Waals surface area contributed by atoms with E-state index in [0.717, 1.165) is 57.9 Å². The lowest BCUT2D eigenvalue weighted by Crippen LogP contribution is -2.50. The number of carbonyl (C=O) groups excluding carboxylic acids is 1. The Hall–Kier alpha value is -2.41. The third-order valence-corrected chi connectivity index (χ3v) is 6.81. The lowest BCUT2D eigenvalue weighted by Gasteiger charge is -2.38. The van der Waals surface area contributed by atoms with Crippen molar-refractivity contribution in [3.05, 3.63) is 42.4 Å². The Morgan fingerprint density at radius 1 is 1.07 bits per heavy atom. The molecule has 3 aliphatic rings. The lowest BCUT2D eigenvalue weighted by molar-refractivity contribution is 0.0681. The predicted molar refractivity (Wildman–Crippen MR) is 112 cm³/mol. The number of amides is 1. The molecule has 1 unspecified atom stereocenters. The highest BCUT2D eigenvalue weighted by Gasteiger charge is 2.31. The molecule has 3 saturated heterocycles. The number of hydrogen-bond acceptors (Lipinski definition) is 5. The Labute approximate surface area is 172 Å². The van der Waals surface area contributed by atoms with E-state index >= 15 is 0 Å². The Morgan fingerprint density at radius 3 is 2.72 bits per heavy atom. The molecule has 5 heterocycles. The Balaban J connectivity index is 1.16. The number of hydrogen-bond donors (Lipinski definition) is 0. The minimum Gasteiger partial charge on any atom is -0.354 e. The van der Waals surface area contributed by atoms with Gasteiger partial charge in [-0.15, -0.1) is 0 Å². The minimum atomic E-state index is 0.113. The topological polar surface area (TPSA) is 57.5 Å². The molecule has 0 saturated carbocycles. The van der Waals surface area contributed by atoms with Crippen LogP contribution >= 0.6 is 0 Å². The second-order valence-corrected chi connectivity index (χ2v) is 8.65. The van der Waals surface area contributed by atoms with Crippen molar-refractivity contribution < 1.29 is 4.79 Å². The molecular weight excluding hydrogens is 364 g/mol. The highest BCUT2D eigenvalue weighted by atomic mass is 16.2. The SMILES string of the molecule is O=C(c1ccc(N2CCN3CCCC3C2)nc1)N1CCC(Cn2cccn2)CC1. The molecule has 2 aromatic rings. The third-order valence-electron chi connectivity index (χ3n) is 6.81. The number of fused-ring (bicyclic) bond motifs is 1. The van der Waals surface area contributed by atoms with Gasteiger partial charge in [0.15, 0.2) is 0 Å². The van der Waals surface area contributed by atoms with E-state index in [1.54, 1.807) is 6.20 Å². The van der Waals surface area contributed by atoms with Crippen LogP contribution in [0.1, 0.15) is 36.0 Å². The molecule has 7 nitrogen and oxygen atoms in total. The number of nitrogens with zero attached hydrogens (tertiary/aromatic N) is 6. The first-order valence-electron chi connectivity index (χ1n) is 11.0. The molecule has 0 spiro atoms. The first-order chi connectivity index (χ1) is 14.3. The van der Waals surface area contributed by atoms with E-state index in [9.17, 15) is 4.79 Å². The van der Waals surface area contributed by atoms with E-state index in [4.69, 9.17) is 0 Å². The van der Waals surface area contributed by atoms with Crippen molar-refractivity contribution in [1.29, 1.82) is 0 Å². The summed E-state index contributed by atoms with van der Waals surface area (Å²) in [6.07, 6.45) is 10.3. The molecular formula is C22H30N6O. The Bertz CT molecular complexity index is 812. The van der Waals surface area contributed by atoms with Crippen molar-refractivity contribution >= 4 is 11.7 Å². The van der Waals surface area contributed by atoms with Crippen LogP contribution < -0.4 is 4.90 Å². The van der Waals surface area contributed by atoms with Crippen LogP contribution in [-0.4, -0.2) is 75.8 Å². The van der Waals surface area contributed by atoms with Gasteiger partial charge in [0.2, 0.25) is 0 Å². The van der Waals surface area contributed by atoms with E-state index in [-0.39, 0.29) is 5.91 Å². The summed E-state index contributed by atoms with van der Waals surface area (Å²) in [6.45, 7) is 7.04. The van der Waals surface area contributed by atoms with Gasteiger partial charge in [0, 0.05) is 63.9 Å². The van der Waals surface area contributed by atoms with Gasteiger partial charge in [-0.3, -0.25) is 14.4 Å². The standard InChI is InChI=1S/C22H30N6O/c29-22(26-11-6-18(7-12-26)16-28-10-2-8-24-28)19-4-5-21(23-15-19)27-14-13-25-9-1-3-20(25)17-27/h2,4-5,8,10,15,18,20H,1,3,6-7,9,11-14,16-17H2. The van der Waals surface area contributed by atoms with E-state index in [1.807, 2.05) is 40.2 Å². The van der Waals surface area contributed by atoms with Gasteiger partial charge in [-0.25, -0.2) is 4.98 Å². The summed E-state index contributed by atoms with van der Waals surface area (Å²) in [5.74, 6) is 1.71. The van der Waals surface area contributed by atoms with E-state index in [1.165, 1.54) is 19.4 Å². The molecule has 0 aliphatic carbocycles. The van der Waals surface area contributed by atoms with Gasteiger partial charge in [-0.1, -0.05) is 0 Å². The number of rotatable bonds is 4. The number of anilines is 1. The van der Waals surface area contributed by atoms with Gasteiger partial charge >= 0.3 is 0 Å². The number of carbonyl (C=O) groups is 1. The predicted octanol–water partition coefficient (Wildman–Crippen LogP) is 2.11. The molecule has 0 radical (unpaired) electrons. The molecule has 5 rings (SSSR count). The van der Waals surface area contributed by atoms with Crippen molar-refractivity contribution in [1.82, 2.24) is 24.6 Å². The van der Waals surface area contributed by atoms with Crippen molar-refractivity contribution in [2.24, 2.45) is 5.92 Å². The van der Waals surface area contributed by atoms with Gasteiger partial charge in [-0.05, 0) is 56.3 Å². The fourth-order valence-electron chi connectivity index (χ4n) is 5.07.